The van der Waals surface area contributed by atoms with E-state index in [9.17, 15) is 4.79 Å². The summed E-state index contributed by atoms with van der Waals surface area (Å²) in [6, 6.07) is 0.722. The SMILES string of the molecule is CN1CCCCC1CN1CCN(CC(=O)NCC2CCCO2)CC1. The van der Waals surface area contributed by atoms with Crippen LogP contribution in [0.3, 0.4) is 0 Å². The molecule has 1 amide bonds. The van der Waals surface area contributed by atoms with Crippen LogP contribution in [-0.4, -0.2) is 98.8 Å². The second-order valence-corrected chi connectivity index (χ2v) is 7.65. The van der Waals surface area contributed by atoms with Crippen LogP contribution in [0, 0.1) is 0 Å². The summed E-state index contributed by atoms with van der Waals surface area (Å²) in [5.74, 6) is 0.144. The molecule has 0 bridgehead atoms. The Kier molecular flexibility index (Phi) is 6.89. The van der Waals surface area contributed by atoms with Gasteiger partial charge in [0.2, 0.25) is 5.91 Å². The molecule has 3 aliphatic rings. The van der Waals surface area contributed by atoms with Crippen LogP contribution >= 0.6 is 0 Å². The molecule has 6 nitrogen and oxygen atoms in total. The molecule has 0 saturated carbocycles. The molecule has 2 unspecified atom stereocenters. The second kappa shape index (κ2) is 9.13. The Hall–Kier alpha value is -0.690. The summed E-state index contributed by atoms with van der Waals surface area (Å²) >= 11 is 0. The van der Waals surface area contributed by atoms with Crippen LogP contribution in [0.5, 0.6) is 0 Å². The minimum atomic E-state index is 0.144. The maximum atomic E-state index is 12.1. The molecule has 6 heteroatoms. The number of likely N-dealkylation sites (N-methyl/N-ethyl adjacent to an activating group) is 1. The van der Waals surface area contributed by atoms with Crippen LogP contribution in [0.2, 0.25) is 0 Å². The van der Waals surface area contributed by atoms with Crippen LogP contribution < -0.4 is 5.32 Å². The standard InChI is InChI=1S/C18H34N4O2/c1-20-7-3-2-5-16(20)14-21-8-10-22(11-9-21)15-18(23)19-13-17-6-4-12-24-17/h16-17H,2-15H2,1H3,(H,19,23). The van der Waals surface area contributed by atoms with Gasteiger partial charge in [0.25, 0.3) is 0 Å². The first-order valence-corrected chi connectivity index (χ1v) is 9.74. The first-order chi connectivity index (χ1) is 11.7. The number of ether oxygens (including phenoxy) is 1. The molecule has 0 aromatic carbocycles. The van der Waals surface area contributed by atoms with Crippen LogP contribution in [0.25, 0.3) is 0 Å². The topological polar surface area (TPSA) is 48.0 Å². The molecular formula is C18H34N4O2. The van der Waals surface area contributed by atoms with Crippen molar-refractivity contribution in [3.63, 3.8) is 0 Å². The van der Waals surface area contributed by atoms with E-state index in [0.29, 0.717) is 13.1 Å². The predicted molar refractivity (Wildman–Crippen MR) is 95.1 cm³/mol. The van der Waals surface area contributed by atoms with E-state index in [4.69, 9.17) is 4.74 Å². The number of hydrogen-bond donors (Lipinski definition) is 1. The van der Waals surface area contributed by atoms with Gasteiger partial charge in [0.1, 0.15) is 0 Å². The largest absolute Gasteiger partial charge is 0.376 e. The van der Waals surface area contributed by atoms with Crippen molar-refractivity contribution in [2.24, 2.45) is 0 Å². The third kappa shape index (κ3) is 5.41. The summed E-state index contributed by atoms with van der Waals surface area (Å²) in [5.41, 5.74) is 0. The Balaban J connectivity index is 1.30. The van der Waals surface area contributed by atoms with Gasteiger partial charge in [-0.05, 0) is 39.3 Å². The quantitative estimate of drug-likeness (QED) is 0.759. The third-order valence-electron chi connectivity index (χ3n) is 5.77. The Morgan fingerprint density at radius 1 is 1.04 bits per heavy atom. The van der Waals surface area contributed by atoms with Crippen molar-refractivity contribution in [3.8, 4) is 0 Å². The molecule has 0 aromatic rings. The summed E-state index contributed by atoms with van der Waals surface area (Å²) in [5, 5.41) is 3.03. The van der Waals surface area contributed by atoms with E-state index >= 15 is 0 Å². The lowest BCUT2D eigenvalue weighted by Gasteiger charge is -2.40. The number of piperazine rings is 1. The monoisotopic (exact) mass is 338 g/mol. The lowest BCUT2D eigenvalue weighted by atomic mass is 10.0. The molecule has 3 heterocycles. The van der Waals surface area contributed by atoms with Gasteiger partial charge in [-0.15, -0.1) is 0 Å². The van der Waals surface area contributed by atoms with Gasteiger partial charge in [-0.25, -0.2) is 0 Å². The highest BCUT2D eigenvalue weighted by atomic mass is 16.5. The van der Waals surface area contributed by atoms with Gasteiger partial charge in [0.05, 0.1) is 12.6 Å². The lowest BCUT2D eigenvalue weighted by molar-refractivity contribution is -0.123. The van der Waals surface area contributed by atoms with E-state index in [1.165, 1.54) is 32.4 Å². The van der Waals surface area contributed by atoms with Crippen LogP contribution in [0.1, 0.15) is 32.1 Å². The van der Waals surface area contributed by atoms with Crippen molar-refractivity contribution < 1.29 is 9.53 Å². The fourth-order valence-electron chi connectivity index (χ4n) is 4.09. The first-order valence-electron chi connectivity index (χ1n) is 9.74. The molecule has 0 aromatic heterocycles. The summed E-state index contributed by atoms with van der Waals surface area (Å²) in [6.45, 7) is 8.67. The zero-order valence-electron chi connectivity index (χ0n) is 15.2. The molecule has 3 fully saturated rings. The maximum Gasteiger partial charge on any atom is 0.234 e. The zero-order chi connectivity index (χ0) is 16.8. The molecule has 3 rings (SSSR count). The minimum Gasteiger partial charge on any atom is -0.376 e. The number of carbonyl (C=O) groups excluding carboxylic acids is 1. The predicted octanol–water partition coefficient (Wildman–Crippen LogP) is 0.384. The van der Waals surface area contributed by atoms with E-state index < -0.39 is 0 Å². The molecule has 138 valence electrons. The molecular weight excluding hydrogens is 304 g/mol. The highest BCUT2D eigenvalue weighted by Crippen LogP contribution is 2.16. The number of amides is 1. The molecule has 0 spiro atoms. The molecule has 0 aliphatic carbocycles. The van der Waals surface area contributed by atoms with Gasteiger partial charge in [0, 0.05) is 51.9 Å². The third-order valence-corrected chi connectivity index (χ3v) is 5.77. The molecule has 0 radical (unpaired) electrons. The molecule has 3 saturated heterocycles. The van der Waals surface area contributed by atoms with Crippen molar-refractivity contribution in [2.45, 2.75) is 44.2 Å². The average molecular weight is 338 g/mol. The fraction of sp³-hybridized carbons (Fsp3) is 0.944. The Bertz CT molecular complexity index is 392. The van der Waals surface area contributed by atoms with Gasteiger partial charge in [-0.3, -0.25) is 14.6 Å². The molecule has 3 aliphatic heterocycles. The zero-order valence-corrected chi connectivity index (χ0v) is 15.2. The van der Waals surface area contributed by atoms with Crippen molar-refractivity contribution in [1.82, 2.24) is 20.0 Å². The Labute approximate surface area is 146 Å². The van der Waals surface area contributed by atoms with Gasteiger partial charge in [-0.2, -0.15) is 0 Å². The number of hydrogen-bond acceptors (Lipinski definition) is 5. The smallest absolute Gasteiger partial charge is 0.234 e. The van der Waals surface area contributed by atoms with E-state index in [1.807, 2.05) is 0 Å². The van der Waals surface area contributed by atoms with E-state index in [2.05, 4.69) is 27.1 Å². The number of piperidine rings is 1. The van der Waals surface area contributed by atoms with Crippen molar-refractivity contribution >= 4 is 5.91 Å². The fourth-order valence-corrected chi connectivity index (χ4v) is 4.09. The van der Waals surface area contributed by atoms with Crippen LogP contribution in [0.15, 0.2) is 0 Å². The molecule has 1 N–H and O–H groups in total. The summed E-state index contributed by atoms with van der Waals surface area (Å²) < 4.78 is 5.55. The molecule has 2 atom stereocenters. The Morgan fingerprint density at radius 2 is 1.83 bits per heavy atom. The average Bonchev–Trinajstić information content (AvgIpc) is 3.10. The van der Waals surface area contributed by atoms with Gasteiger partial charge in [0.15, 0.2) is 0 Å². The highest BCUT2D eigenvalue weighted by Gasteiger charge is 2.25. The summed E-state index contributed by atoms with van der Waals surface area (Å²) in [6.07, 6.45) is 6.50. The van der Waals surface area contributed by atoms with Gasteiger partial charge in [-0.1, -0.05) is 6.42 Å². The number of carbonyl (C=O) groups is 1. The maximum absolute atomic E-state index is 12.1. The first kappa shape index (κ1) is 18.1. The Morgan fingerprint density at radius 3 is 2.54 bits per heavy atom. The highest BCUT2D eigenvalue weighted by molar-refractivity contribution is 5.78. The van der Waals surface area contributed by atoms with Crippen molar-refractivity contribution in [3.05, 3.63) is 0 Å². The number of nitrogens with zero attached hydrogens (tertiary/aromatic N) is 3. The number of rotatable bonds is 6. The van der Waals surface area contributed by atoms with E-state index in [-0.39, 0.29) is 12.0 Å². The van der Waals surface area contributed by atoms with Gasteiger partial charge < -0.3 is 15.0 Å². The van der Waals surface area contributed by atoms with E-state index in [0.717, 1.165) is 51.7 Å². The van der Waals surface area contributed by atoms with Crippen LogP contribution in [0.4, 0.5) is 0 Å². The minimum absolute atomic E-state index is 0.144. The van der Waals surface area contributed by atoms with Gasteiger partial charge >= 0.3 is 0 Å². The molecule has 24 heavy (non-hydrogen) atoms. The van der Waals surface area contributed by atoms with Crippen LogP contribution in [-0.2, 0) is 9.53 Å². The number of likely N-dealkylation sites (tertiary alicyclic amines) is 1. The second-order valence-electron chi connectivity index (χ2n) is 7.65. The van der Waals surface area contributed by atoms with Crippen molar-refractivity contribution in [1.29, 1.82) is 0 Å². The summed E-state index contributed by atoms with van der Waals surface area (Å²) in [7, 11) is 2.26. The number of nitrogens with one attached hydrogen (secondary N) is 1. The van der Waals surface area contributed by atoms with Crippen molar-refractivity contribution in [2.75, 3.05) is 66.0 Å². The summed E-state index contributed by atoms with van der Waals surface area (Å²) in [4.78, 5) is 19.5. The normalized spacial score (nSPS) is 30.5. The van der Waals surface area contributed by atoms with E-state index in [1.54, 1.807) is 0 Å². The lowest BCUT2D eigenvalue weighted by Crippen LogP contribution is -2.53.